The van der Waals surface area contributed by atoms with Gasteiger partial charge in [-0.05, 0) is 60.9 Å². The first-order valence-electron chi connectivity index (χ1n) is 10.1. The predicted molar refractivity (Wildman–Crippen MR) is 118 cm³/mol. The van der Waals surface area contributed by atoms with Crippen LogP contribution in [0.1, 0.15) is 34.3 Å². The molecular formula is C25H24N2O3. The van der Waals surface area contributed by atoms with Crippen LogP contribution in [0.15, 0.2) is 72.8 Å². The number of anilines is 2. The van der Waals surface area contributed by atoms with Gasteiger partial charge in [-0.2, -0.15) is 0 Å². The number of rotatable bonds is 7. The van der Waals surface area contributed by atoms with Gasteiger partial charge < -0.3 is 15.4 Å². The monoisotopic (exact) mass is 400 g/mol. The van der Waals surface area contributed by atoms with Gasteiger partial charge in [-0.3, -0.25) is 9.59 Å². The van der Waals surface area contributed by atoms with Crippen LogP contribution in [-0.2, 0) is 11.2 Å². The van der Waals surface area contributed by atoms with E-state index in [1.165, 1.54) is 5.56 Å². The first-order chi connectivity index (χ1) is 14.6. The lowest BCUT2D eigenvalue weighted by atomic mass is 10.0. The summed E-state index contributed by atoms with van der Waals surface area (Å²) in [7, 11) is 1.64. The Kier molecular flexibility index (Phi) is 5.80. The van der Waals surface area contributed by atoms with Crippen molar-refractivity contribution in [2.45, 2.75) is 19.3 Å². The van der Waals surface area contributed by atoms with Gasteiger partial charge in [0, 0.05) is 34.8 Å². The van der Waals surface area contributed by atoms with Gasteiger partial charge in [-0.25, -0.2) is 0 Å². The second-order valence-corrected chi connectivity index (χ2v) is 7.48. The standard InChI is InChI=1S/C25H24N2O3/c1-30-23-14-13-22(16-20(23)15-17-5-3-2-4-6-17)27-25(29)19-9-11-21(12-10-19)26-24(28)18-7-8-18/h2-6,9-14,16,18H,7-8,15H2,1H3,(H,26,28)(H,27,29). The van der Waals surface area contributed by atoms with Gasteiger partial charge in [0.15, 0.2) is 0 Å². The van der Waals surface area contributed by atoms with Crippen molar-refractivity contribution in [1.82, 2.24) is 0 Å². The lowest BCUT2D eigenvalue weighted by Crippen LogP contribution is -2.14. The second-order valence-electron chi connectivity index (χ2n) is 7.48. The molecule has 5 heteroatoms. The maximum absolute atomic E-state index is 12.7. The maximum atomic E-state index is 12.7. The van der Waals surface area contributed by atoms with Crippen LogP contribution in [0.4, 0.5) is 11.4 Å². The van der Waals surface area contributed by atoms with Gasteiger partial charge in [-0.15, -0.1) is 0 Å². The minimum Gasteiger partial charge on any atom is -0.496 e. The van der Waals surface area contributed by atoms with Crippen molar-refractivity contribution in [1.29, 1.82) is 0 Å². The Morgan fingerprint density at radius 3 is 2.27 bits per heavy atom. The van der Waals surface area contributed by atoms with Gasteiger partial charge in [0.1, 0.15) is 5.75 Å². The molecule has 3 aromatic rings. The van der Waals surface area contributed by atoms with Gasteiger partial charge in [0.2, 0.25) is 5.91 Å². The van der Waals surface area contributed by atoms with E-state index in [0.29, 0.717) is 23.4 Å². The van der Waals surface area contributed by atoms with Crippen molar-refractivity contribution < 1.29 is 14.3 Å². The molecule has 2 amide bonds. The summed E-state index contributed by atoms with van der Waals surface area (Å²) in [6.07, 6.45) is 2.63. The number of hydrogen-bond donors (Lipinski definition) is 2. The molecule has 0 saturated heterocycles. The van der Waals surface area contributed by atoms with Crippen LogP contribution in [0.2, 0.25) is 0 Å². The molecule has 152 valence electrons. The number of carbonyl (C=O) groups is 2. The molecule has 0 radical (unpaired) electrons. The van der Waals surface area contributed by atoms with Gasteiger partial charge in [0.25, 0.3) is 5.91 Å². The number of amides is 2. The molecule has 1 fully saturated rings. The van der Waals surface area contributed by atoms with Crippen molar-refractivity contribution in [2.75, 3.05) is 17.7 Å². The van der Waals surface area contributed by atoms with Crippen LogP contribution >= 0.6 is 0 Å². The topological polar surface area (TPSA) is 67.4 Å². The summed E-state index contributed by atoms with van der Waals surface area (Å²) >= 11 is 0. The highest BCUT2D eigenvalue weighted by Crippen LogP contribution is 2.30. The van der Waals surface area contributed by atoms with Crippen molar-refractivity contribution in [3.8, 4) is 5.75 Å². The number of nitrogens with one attached hydrogen (secondary N) is 2. The molecule has 1 saturated carbocycles. The molecule has 1 aliphatic rings. The highest BCUT2D eigenvalue weighted by molar-refractivity contribution is 6.04. The van der Waals surface area contributed by atoms with Crippen LogP contribution in [-0.4, -0.2) is 18.9 Å². The van der Waals surface area contributed by atoms with E-state index in [-0.39, 0.29) is 17.7 Å². The lowest BCUT2D eigenvalue weighted by Gasteiger charge is -2.12. The molecular weight excluding hydrogens is 376 g/mol. The van der Waals surface area contributed by atoms with Crippen molar-refractivity contribution >= 4 is 23.2 Å². The Balaban J connectivity index is 1.44. The summed E-state index contributed by atoms with van der Waals surface area (Å²) in [6.45, 7) is 0. The molecule has 0 unspecified atom stereocenters. The maximum Gasteiger partial charge on any atom is 0.255 e. The molecule has 0 aromatic heterocycles. The van der Waals surface area contributed by atoms with Gasteiger partial charge in [-0.1, -0.05) is 30.3 Å². The van der Waals surface area contributed by atoms with Crippen molar-refractivity contribution in [3.63, 3.8) is 0 Å². The van der Waals surface area contributed by atoms with Crippen LogP contribution in [0.5, 0.6) is 5.75 Å². The number of ether oxygens (including phenoxy) is 1. The third-order valence-electron chi connectivity index (χ3n) is 5.14. The van der Waals surface area contributed by atoms with Crippen LogP contribution in [0, 0.1) is 5.92 Å². The summed E-state index contributed by atoms with van der Waals surface area (Å²) in [5, 5.41) is 5.82. The molecule has 0 bridgehead atoms. The summed E-state index contributed by atoms with van der Waals surface area (Å²) in [6, 6.07) is 22.7. The molecule has 4 rings (SSSR count). The molecule has 0 spiro atoms. The van der Waals surface area contributed by atoms with E-state index in [1.54, 1.807) is 31.4 Å². The zero-order valence-corrected chi connectivity index (χ0v) is 16.9. The average Bonchev–Trinajstić information content (AvgIpc) is 3.61. The lowest BCUT2D eigenvalue weighted by molar-refractivity contribution is -0.117. The highest BCUT2D eigenvalue weighted by Gasteiger charge is 2.29. The molecule has 1 aliphatic carbocycles. The summed E-state index contributed by atoms with van der Waals surface area (Å²) in [5.41, 5.74) is 4.11. The van der Waals surface area contributed by atoms with Gasteiger partial charge >= 0.3 is 0 Å². The smallest absolute Gasteiger partial charge is 0.255 e. The van der Waals surface area contributed by atoms with E-state index < -0.39 is 0 Å². The molecule has 0 atom stereocenters. The number of hydrogen-bond acceptors (Lipinski definition) is 3. The summed E-state index contributed by atoms with van der Waals surface area (Å²) < 4.78 is 5.48. The zero-order chi connectivity index (χ0) is 20.9. The third-order valence-corrected chi connectivity index (χ3v) is 5.14. The van der Waals surface area contributed by atoms with E-state index >= 15 is 0 Å². The summed E-state index contributed by atoms with van der Waals surface area (Å²) in [4.78, 5) is 24.5. The van der Waals surface area contributed by atoms with E-state index in [9.17, 15) is 9.59 Å². The number of benzene rings is 3. The second kappa shape index (κ2) is 8.82. The Bertz CT molecular complexity index is 1040. The zero-order valence-electron chi connectivity index (χ0n) is 16.9. The Hall–Kier alpha value is -3.60. The third kappa shape index (κ3) is 4.87. The fraction of sp³-hybridized carbons (Fsp3) is 0.200. The fourth-order valence-corrected chi connectivity index (χ4v) is 3.31. The van der Waals surface area contributed by atoms with E-state index in [2.05, 4.69) is 22.8 Å². The molecule has 2 N–H and O–H groups in total. The van der Waals surface area contributed by atoms with E-state index in [0.717, 1.165) is 24.2 Å². The first-order valence-corrected chi connectivity index (χ1v) is 10.1. The molecule has 3 aromatic carbocycles. The quantitative estimate of drug-likeness (QED) is 0.594. The predicted octanol–water partition coefficient (Wildman–Crippen LogP) is 4.89. The van der Waals surface area contributed by atoms with Crippen molar-refractivity contribution in [2.24, 2.45) is 5.92 Å². The largest absolute Gasteiger partial charge is 0.496 e. The number of carbonyl (C=O) groups excluding carboxylic acids is 2. The van der Waals surface area contributed by atoms with Gasteiger partial charge in [0.05, 0.1) is 7.11 Å². The molecule has 0 heterocycles. The average molecular weight is 400 g/mol. The van der Waals surface area contributed by atoms with Crippen LogP contribution in [0.3, 0.4) is 0 Å². The van der Waals surface area contributed by atoms with Crippen molar-refractivity contribution in [3.05, 3.63) is 89.5 Å². The molecule has 30 heavy (non-hydrogen) atoms. The fourth-order valence-electron chi connectivity index (χ4n) is 3.31. The molecule has 5 nitrogen and oxygen atoms in total. The van der Waals surface area contributed by atoms with E-state index in [4.69, 9.17) is 4.74 Å². The highest BCUT2D eigenvalue weighted by atomic mass is 16.5. The molecule has 0 aliphatic heterocycles. The Morgan fingerprint density at radius 1 is 0.900 bits per heavy atom. The minimum absolute atomic E-state index is 0.0522. The van der Waals surface area contributed by atoms with Crippen LogP contribution in [0.25, 0.3) is 0 Å². The Morgan fingerprint density at radius 2 is 1.60 bits per heavy atom. The SMILES string of the molecule is COc1ccc(NC(=O)c2ccc(NC(=O)C3CC3)cc2)cc1Cc1ccccc1. The van der Waals surface area contributed by atoms with E-state index in [1.807, 2.05) is 36.4 Å². The Labute approximate surface area is 176 Å². The summed E-state index contributed by atoms with van der Waals surface area (Å²) in [5.74, 6) is 0.781. The normalized spacial score (nSPS) is 12.8. The first kappa shape index (κ1) is 19.7. The number of methoxy groups -OCH3 is 1. The minimum atomic E-state index is -0.203. The van der Waals surface area contributed by atoms with Crippen LogP contribution < -0.4 is 15.4 Å².